The maximum absolute atomic E-state index is 12.4. The first-order chi connectivity index (χ1) is 9.17. The predicted octanol–water partition coefficient (Wildman–Crippen LogP) is 3.20. The molecule has 0 spiro atoms. The summed E-state index contributed by atoms with van der Waals surface area (Å²) in [5, 5.41) is 4.49. The Bertz CT molecular complexity index is 314. The van der Waals surface area contributed by atoms with Gasteiger partial charge in [0, 0.05) is 29.6 Å². The minimum absolute atomic E-state index is 0.136. The number of carbonyl (C=O) groups is 1. The van der Waals surface area contributed by atoms with E-state index in [4.69, 9.17) is 0 Å². The van der Waals surface area contributed by atoms with E-state index in [0.29, 0.717) is 22.6 Å². The summed E-state index contributed by atoms with van der Waals surface area (Å²) < 4.78 is 0. The van der Waals surface area contributed by atoms with E-state index >= 15 is 0 Å². The molecule has 0 bridgehead atoms. The molecule has 3 nitrogen and oxygen atoms in total. The first kappa shape index (κ1) is 15.4. The maximum atomic E-state index is 12.4. The molecule has 110 valence electrons. The Labute approximate surface area is 125 Å². The number of nitrogens with zero attached hydrogens (tertiary/aromatic N) is 1. The van der Waals surface area contributed by atoms with Crippen molar-refractivity contribution in [2.24, 2.45) is 0 Å². The van der Waals surface area contributed by atoms with Crippen molar-refractivity contribution in [3.05, 3.63) is 0 Å². The van der Waals surface area contributed by atoms with E-state index in [1.165, 1.54) is 25.7 Å². The van der Waals surface area contributed by atoms with Gasteiger partial charge in [-0.1, -0.05) is 12.8 Å². The third-order valence-electron chi connectivity index (χ3n) is 4.60. The number of hydrogen-bond acceptors (Lipinski definition) is 3. The zero-order chi connectivity index (χ0) is 13.8. The Morgan fingerprint density at radius 1 is 1.05 bits per heavy atom. The second-order valence-electron chi connectivity index (χ2n) is 5.64. The highest BCUT2D eigenvalue weighted by Crippen LogP contribution is 2.32. The second-order valence-corrected chi connectivity index (χ2v) is 7.80. The van der Waals surface area contributed by atoms with E-state index in [1.807, 2.05) is 35.5 Å². The fourth-order valence-electron chi connectivity index (χ4n) is 3.41. The van der Waals surface area contributed by atoms with E-state index in [9.17, 15) is 4.79 Å². The van der Waals surface area contributed by atoms with E-state index in [-0.39, 0.29) is 6.03 Å². The van der Waals surface area contributed by atoms with Crippen molar-refractivity contribution in [3.8, 4) is 0 Å². The average Bonchev–Trinajstić information content (AvgIpc) is 3.05. The monoisotopic (exact) mass is 302 g/mol. The summed E-state index contributed by atoms with van der Waals surface area (Å²) in [6, 6.07) is 0.931. The van der Waals surface area contributed by atoms with Crippen molar-refractivity contribution < 1.29 is 4.79 Å². The lowest BCUT2D eigenvalue weighted by Crippen LogP contribution is -2.50. The van der Waals surface area contributed by atoms with E-state index in [0.717, 1.165) is 12.8 Å². The van der Waals surface area contributed by atoms with Crippen LogP contribution in [0.1, 0.15) is 38.5 Å². The molecule has 2 amide bonds. The van der Waals surface area contributed by atoms with Crippen LogP contribution in [0.25, 0.3) is 0 Å². The number of amides is 2. The molecule has 1 N–H and O–H groups in total. The van der Waals surface area contributed by atoms with Crippen molar-refractivity contribution in [3.63, 3.8) is 0 Å². The molecular weight excluding hydrogens is 276 g/mol. The SMILES string of the molecule is CS[C@H]1CCC[C@@H]1N(C)C(=O)N[C@H]1CCC[C@H]1SC. The van der Waals surface area contributed by atoms with Gasteiger partial charge in [0.2, 0.25) is 0 Å². The van der Waals surface area contributed by atoms with Gasteiger partial charge in [0.05, 0.1) is 0 Å². The van der Waals surface area contributed by atoms with Crippen LogP contribution < -0.4 is 5.32 Å². The molecule has 0 unspecified atom stereocenters. The molecule has 2 aliphatic rings. The molecule has 2 fully saturated rings. The summed E-state index contributed by atoms with van der Waals surface area (Å²) in [5.74, 6) is 0. The van der Waals surface area contributed by atoms with Gasteiger partial charge in [-0.15, -0.1) is 0 Å². The second kappa shape index (κ2) is 7.11. The Hall–Kier alpha value is -0.0300. The van der Waals surface area contributed by atoms with Crippen LogP contribution in [-0.4, -0.2) is 53.1 Å². The Kier molecular flexibility index (Phi) is 5.75. The Morgan fingerprint density at radius 2 is 1.68 bits per heavy atom. The number of carbonyl (C=O) groups excluding carboxylic acids is 1. The molecule has 5 heteroatoms. The number of hydrogen-bond donors (Lipinski definition) is 1. The summed E-state index contributed by atoms with van der Waals surface area (Å²) >= 11 is 3.80. The van der Waals surface area contributed by atoms with Crippen LogP contribution in [0.4, 0.5) is 4.79 Å². The molecule has 0 aliphatic heterocycles. The lowest BCUT2D eigenvalue weighted by molar-refractivity contribution is 0.188. The predicted molar refractivity (Wildman–Crippen MR) is 86.2 cm³/mol. The normalized spacial score (nSPS) is 34.5. The van der Waals surface area contributed by atoms with Gasteiger partial charge < -0.3 is 10.2 Å². The highest BCUT2D eigenvalue weighted by molar-refractivity contribution is 7.99. The molecule has 0 heterocycles. The fraction of sp³-hybridized carbons (Fsp3) is 0.929. The number of urea groups is 1. The molecule has 19 heavy (non-hydrogen) atoms. The molecule has 2 rings (SSSR count). The van der Waals surface area contributed by atoms with Crippen LogP contribution in [0.3, 0.4) is 0 Å². The average molecular weight is 303 g/mol. The van der Waals surface area contributed by atoms with Gasteiger partial charge in [0.25, 0.3) is 0 Å². The molecule has 0 aromatic carbocycles. The molecular formula is C14H26N2OS2. The van der Waals surface area contributed by atoms with Crippen LogP contribution in [0.5, 0.6) is 0 Å². The number of nitrogens with one attached hydrogen (secondary N) is 1. The topological polar surface area (TPSA) is 32.3 Å². The zero-order valence-electron chi connectivity index (χ0n) is 12.2. The first-order valence-corrected chi connectivity index (χ1v) is 9.84. The first-order valence-electron chi connectivity index (χ1n) is 7.26. The van der Waals surface area contributed by atoms with Crippen LogP contribution in [-0.2, 0) is 0 Å². The van der Waals surface area contributed by atoms with Crippen molar-refractivity contribution in [2.75, 3.05) is 19.6 Å². The Balaban J connectivity index is 1.88. The third kappa shape index (κ3) is 3.54. The maximum Gasteiger partial charge on any atom is 0.317 e. The molecule has 2 aliphatic carbocycles. The van der Waals surface area contributed by atoms with E-state index < -0.39 is 0 Å². The van der Waals surface area contributed by atoms with Gasteiger partial charge in [-0.2, -0.15) is 23.5 Å². The largest absolute Gasteiger partial charge is 0.334 e. The van der Waals surface area contributed by atoms with Crippen molar-refractivity contribution in [2.45, 2.75) is 61.1 Å². The van der Waals surface area contributed by atoms with Gasteiger partial charge in [-0.05, 0) is 38.2 Å². The molecule has 4 atom stereocenters. The highest BCUT2D eigenvalue weighted by atomic mass is 32.2. The van der Waals surface area contributed by atoms with Crippen molar-refractivity contribution in [1.29, 1.82) is 0 Å². The van der Waals surface area contributed by atoms with Gasteiger partial charge in [-0.25, -0.2) is 4.79 Å². The summed E-state index contributed by atoms with van der Waals surface area (Å²) in [7, 11) is 1.97. The minimum atomic E-state index is 0.136. The van der Waals surface area contributed by atoms with Crippen molar-refractivity contribution >= 4 is 29.6 Å². The molecule has 2 saturated carbocycles. The summed E-state index contributed by atoms with van der Waals surface area (Å²) in [6.45, 7) is 0. The summed E-state index contributed by atoms with van der Waals surface area (Å²) in [6.07, 6.45) is 11.6. The lowest BCUT2D eigenvalue weighted by Gasteiger charge is -2.31. The zero-order valence-corrected chi connectivity index (χ0v) is 13.9. The number of rotatable bonds is 4. The van der Waals surface area contributed by atoms with Gasteiger partial charge >= 0.3 is 6.03 Å². The molecule has 0 radical (unpaired) electrons. The van der Waals surface area contributed by atoms with Crippen molar-refractivity contribution in [1.82, 2.24) is 10.2 Å². The quantitative estimate of drug-likeness (QED) is 0.865. The number of thioether (sulfide) groups is 2. The molecule has 0 aromatic rings. The van der Waals surface area contributed by atoms with E-state index in [1.54, 1.807) is 0 Å². The van der Waals surface area contributed by atoms with Gasteiger partial charge in [0.1, 0.15) is 0 Å². The lowest BCUT2D eigenvalue weighted by atomic mass is 10.2. The smallest absolute Gasteiger partial charge is 0.317 e. The van der Waals surface area contributed by atoms with Crippen LogP contribution in [0.15, 0.2) is 0 Å². The third-order valence-corrected chi connectivity index (χ3v) is 6.93. The van der Waals surface area contributed by atoms with Gasteiger partial charge in [-0.3, -0.25) is 0 Å². The fourth-order valence-corrected chi connectivity index (χ4v) is 5.38. The standard InChI is InChI=1S/C14H26N2OS2/c1-16(11-7-5-9-13(11)19-3)14(17)15-10-6-4-8-12(10)18-2/h10-13H,4-9H2,1-3H3,(H,15,17)/t10-,11-,12+,13-/m0/s1. The van der Waals surface area contributed by atoms with Crippen LogP contribution in [0.2, 0.25) is 0 Å². The molecule has 0 saturated heterocycles. The van der Waals surface area contributed by atoms with Crippen LogP contribution in [0, 0.1) is 0 Å². The summed E-state index contributed by atoms with van der Waals surface area (Å²) in [4.78, 5) is 14.4. The van der Waals surface area contributed by atoms with Gasteiger partial charge in [0.15, 0.2) is 0 Å². The highest BCUT2D eigenvalue weighted by Gasteiger charge is 2.34. The Morgan fingerprint density at radius 3 is 2.37 bits per heavy atom. The van der Waals surface area contributed by atoms with Crippen LogP contribution >= 0.6 is 23.5 Å². The van der Waals surface area contributed by atoms with E-state index in [2.05, 4.69) is 17.8 Å². The minimum Gasteiger partial charge on any atom is -0.334 e. The molecule has 0 aromatic heterocycles. The summed E-state index contributed by atoms with van der Waals surface area (Å²) in [5.41, 5.74) is 0.